The van der Waals surface area contributed by atoms with Gasteiger partial charge in [-0.3, -0.25) is 4.79 Å². The molecule has 3 heteroatoms. The summed E-state index contributed by atoms with van der Waals surface area (Å²) in [5.41, 5.74) is 1.44. The van der Waals surface area contributed by atoms with Gasteiger partial charge in [-0.15, -0.1) is 0 Å². The molecule has 16 heavy (non-hydrogen) atoms. The molecule has 0 fully saturated rings. The maximum Gasteiger partial charge on any atom is 0.216 e. The van der Waals surface area contributed by atoms with E-state index in [0.29, 0.717) is 18.5 Å². The first-order valence-electron chi connectivity index (χ1n) is 5.13. The summed E-state index contributed by atoms with van der Waals surface area (Å²) in [6, 6.07) is 5.46. The van der Waals surface area contributed by atoms with Gasteiger partial charge >= 0.3 is 0 Å². The predicted molar refractivity (Wildman–Crippen MR) is 63.0 cm³/mol. The molecule has 1 aromatic carbocycles. The number of carbonyl (C=O) groups excluding carboxylic acids is 1. The van der Waals surface area contributed by atoms with Gasteiger partial charge in [0.25, 0.3) is 0 Å². The zero-order valence-corrected chi connectivity index (χ0v) is 9.50. The third-order valence-corrected chi connectivity index (χ3v) is 2.08. The van der Waals surface area contributed by atoms with Crippen molar-refractivity contribution in [2.24, 2.45) is 0 Å². The van der Waals surface area contributed by atoms with E-state index in [4.69, 9.17) is 0 Å². The number of phenolic OH excluding ortho intramolecular Hbond substituents is 1. The number of carbonyl (C=O) groups is 1. The Kier molecular flexibility index (Phi) is 4.41. The minimum absolute atomic E-state index is 0.0554. The number of aryl methyl sites for hydroxylation is 1. The molecule has 0 aliphatic carbocycles. The molecule has 1 aromatic rings. The molecule has 0 heterocycles. The average molecular weight is 217 g/mol. The minimum atomic E-state index is -0.0554. The van der Waals surface area contributed by atoms with Crippen molar-refractivity contribution >= 4 is 5.91 Å². The van der Waals surface area contributed by atoms with E-state index >= 15 is 0 Å². The molecule has 0 bridgehead atoms. The van der Waals surface area contributed by atoms with Crippen molar-refractivity contribution in [1.29, 1.82) is 0 Å². The maximum atomic E-state index is 10.6. The first-order chi connectivity index (χ1) is 7.61. The molecule has 0 unspecified atom stereocenters. The van der Waals surface area contributed by atoms with Crippen LogP contribution < -0.4 is 5.32 Å². The maximum absolute atomic E-state index is 10.6. The first-order valence-corrected chi connectivity index (χ1v) is 5.13. The first kappa shape index (κ1) is 12.1. The fraction of sp³-hybridized carbons (Fsp3) is 0.308. The van der Waals surface area contributed by atoms with Crippen LogP contribution in [0.25, 0.3) is 0 Å². The number of benzene rings is 1. The molecule has 1 rings (SSSR count). The van der Waals surface area contributed by atoms with Crippen LogP contribution in [0.1, 0.15) is 24.5 Å². The van der Waals surface area contributed by atoms with Gasteiger partial charge in [0, 0.05) is 19.9 Å². The second-order valence-corrected chi connectivity index (χ2v) is 3.51. The number of hydrogen-bond donors (Lipinski definition) is 2. The highest BCUT2D eigenvalue weighted by Gasteiger charge is 1.99. The zero-order chi connectivity index (χ0) is 12.0. The number of para-hydroxylation sites is 1. The van der Waals surface area contributed by atoms with E-state index in [1.54, 1.807) is 6.07 Å². The summed E-state index contributed by atoms with van der Waals surface area (Å²) in [6.45, 7) is 3.84. The lowest BCUT2D eigenvalue weighted by Gasteiger charge is -1.99. The average Bonchev–Trinajstić information content (AvgIpc) is 2.23. The van der Waals surface area contributed by atoms with Gasteiger partial charge in [0.2, 0.25) is 5.91 Å². The molecular formula is C13H15NO2. The lowest BCUT2D eigenvalue weighted by atomic mass is 10.1. The highest BCUT2D eigenvalue weighted by molar-refractivity contribution is 5.72. The molecule has 0 atom stereocenters. The second kappa shape index (κ2) is 5.82. The van der Waals surface area contributed by atoms with E-state index in [2.05, 4.69) is 17.2 Å². The number of hydrogen-bond acceptors (Lipinski definition) is 2. The standard InChI is InChI=1S/C13H15NO2/c1-10-6-5-8-12(13(10)16)7-3-4-9-14-11(2)15/h5-6,8,16H,4,9H2,1-2H3,(H,14,15). The highest BCUT2D eigenvalue weighted by Crippen LogP contribution is 2.19. The quantitative estimate of drug-likeness (QED) is 0.583. The van der Waals surface area contributed by atoms with Crippen LogP contribution in [0, 0.1) is 18.8 Å². The number of rotatable bonds is 2. The summed E-state index contributed by atoms with van der Waals surface area (Å²) < 4.78 is 0. The lowest BCUT2D eigenvalue weighted by Crippen LogP contribution is -2.20. The highest BCUT2D eigenvalue weighted by atomic mass is 16.3. The van der Waals surface area contributed by atoms with Crippen LogP contribution in [-0.2, 0) is 4.79 Å². The van der Waals surface area contributed by atoms with Gasteiger partial charge in [0.05, 0.1) is 5.56 Å². The largest absolute Gasteiger partial charge is 0.506 e. The van der Waals surface area contributed by atoms with Gasteiger partial charge in [-0.1, -0.05) is 24.0 Å². The fourth-order valence-electron chi connectivity index (χ4n) is 1.22. The Morgan fingerprint density at radius 3 is 2.94 bits per heavy atom. The Morgan fingerprint density at radius 1 is 1.50 bits per heavy atom. The summed E-state index contributed by atoms with van der Waals surface area (Å²) in [5.74, 6) is 5.95. The Balaban J connectivity index is 2.56. The monoisotopic (exact) mass is 217 g/mol. The van der Waals surface area contributed by atoms with Gasteiger partial charge in [-0.2, -0.15) is 0 Å². The van der Waals surface area contributed by atoms with Crippen LogP contribution in [0.15, 0.2) is 18.2 Å². The molecular weight excluding hydrogens is 202 g/mol. The summed E-state index contributed by atoms with van der Waals surface area (Å²) in [6.07, 6.45) is 0.576. The number of phenols is 1. The van der Waals surface area contributed by atoms with Crippen molar-refractivity contribution in [2.45, 2.75) is 20.3 Å². The molecule has 0 saturated carbocycles. The Labute approximate surface area is 95.5 Å². The molecule has 0 spiro atoms. The topological polar surface area (TPSA) is 49.3 Å². The fourth-order valence-corrected chi connectivity index (χ4v) is 1.22. The summed E-state index contributed by atoms with van der Waals surface area (Å²) in [4.78, 5) is 10.6. The van der Waals surface area contributed by atoms with Crippen LogP contribution in [0.5, 0.6) is 5.75 Å². The van der Waals surface area contributed by atoms with Gasteiger partial charge in [0.15, 0.2) is 0 Å². The van der Waals surface area contributed by atoms with E-state index in [9.17, 15) is 9.90 Å². The number of aromatic hydroxyl groups is 1. The van der Waals surface area contributed by atoms with Crippen molar-refractivity contribution in [3.63, 3.8) is 0 Å². The third-order valence-electron chi connectivity index (χ3n) is 2.08. The van der Waals surface area contributed by atoms with Gasteiger partial charge in [-0.05, 0) is 18.6 Å². The van der Waals surface area contributed by atoms with Crippen LogP contribution in [0.3, 0.4) is 0 Å². The van der Waals surface area contributed by atoms with Crippen LogP contribution in [-0.4, -0.2) is 17.6 Å². The zero-order valence-electron chi connectivity index (χ0n) is 9.50. The van der Waals surface area contributed by atoms with E-state index < -0.39 is 0 Å². The third kappa shape index (κ3) is 3.66. The smallest absolute Gasteiger partial charge is 0.216 e. The van der Waals surface area contributed by atoms with Crippen molar-refractivity contribution in [3.05, 3.63) is 29.3 Å². The van der Waals surface area contributed by atoms with Gasteiger partial charge < -0.3 is 10.4 Å². The second-order valence-electron chi connectivity index (χ2n) is 3.51. The Bertz CT molecular complexity index is 441. The number of nitrogens with one attached hydrogen (secondary N) is 1. The van der Waals surface area contributed by atoms with E-state index in [1.165, 1.54) is 6.92 Å². The van der Waals surface area contributed by atoms with E-state index in [-0.39, 0.29) is 11.7 Å². The van der Waals surface area contributed by atoms with Crippen LogP contribution in [0.4, 0.5) is 0 Å². The molecule has 0 aliphatic rings. The SMILES string of the molecule is CC(=O)NCCC#Cc1cccc(C)c1O. The number of amides is 1. The molecule has 0 radical (unpaired) electrons. The summed E-state index contributed by atoms with van der Waals surface area (Å²) >= 11 is 0. The van der Waals surface area contributed by atoms with Crippen LogP contribution >= 0.6 is 0 Å². The lowest BCUT2D eigenvalue weighted by molar-refractivity contribution is -0.118. The van der Waals surface area contributed by atoms with Crippen molar-refractivity contribution in [1.82, 2.24) is 5.32 Å². The summed E-state index contributed by atoms with van der Waals surface area (Å²) in [7, 11) is 0. The molecule has 0 aromatic heterocycles. The molecule has 1 amide bonds. The van der Waals surface area contributed by atoms with E-state index in [1.807, 2.05) is 19.1 Å². The van der Waals surface area contributed by atoms with Crippen molar-refractivity contribution in [2.75, 3.05) is 6.54 Å². The van der Waals surface area contributed by atoms with Crippen molar-refractivity contribution in [3.8, 4) is 17.6 Å². The minimum Gasteiger partial charge on any atom is -0.506 e. The van der Waals surface area contributed by atoms with E-state index in [0.717, 1.165) is 5.56 Å². The normalized spacial score (nSPS) is 9.12. The molecule has 3 nitrogen and oxygen atoms in total. The van der Waals surface area contributed by atoms with Crippen molar-refractivity contribution < 1.29 is 9.90 Å². The molecule has 2 N–H and O–H groups in total. The van der Waals surface area contributed by atoms with Gasteiger partial charge in [0.1, 0.15) is 5.75 Å². The van der Waals surface area contributed by atoms with Gasteiger partial charge in [-0.25, -0.2) is 0 Å². The molecule has 84 valence electrons. The predicted octanol–water partition coefficient (Wildman–Crippen LogP) is 1.58. The Morgan fingerprint density at radius 2 is 2.25 bits per heavy atom. The van der Waals surface area contributed by atoms with Crippen LogP contribution in [0.2, 0.25) is 0 Å². The summed E-state index contributed by atoms with van der Waals surface area (Å²) in [5, 5.41) is 12.3. The Hall–Kier alpha value is -1.95. The molecule has 0 saturated heterocycles. The molecule has 0 aliphatic heterocycles.